The highest BCUT2D eigenvalue weighted by Gasteiger charge is 2.10. The molecule has 30 heavy (non-hydrogen) atoms. The first-order valence-electron chi connectivity index (χ1n) is 10.2. The molecule has 3 rings (SSSR count). The van der Waals surface area contributed by atoms with Crippen molar-refractivity contribution in [2.24, 2.45) is 0 Å². The summed E-state index contributed by atoms with van der Waals surface area (Å²) in [7, 11) is 0. The monoisotopic (exact) mass is 510 g/mol. The predicted molar refractivity (Wildman–Crippen MR) is 126 cm³/mol. The Balaban J connectivity index is 1.50. The highest BCUT2D eigenvalue weighted by Crippen LogP contribution is 2.23. The average molecular weight is 512 g/mol. The molecule has 0 fully saturated rings. The fourth-order valence-corrected chi connectivity index (χ4v) is 4.00. The van der Waals surface area contributed by atoms with E-state index in [-0.39, 0.29) is 0 Å². The molecular formula is C22H25BrCl2N4O. The second kappa shape index (κ2) is 12.3. The van der Waals surface area contributed by atoms with Gasteiger partial charge in [0.15, 0.2) is 0 Å². The zero-order valence-electron chi connectivity index (χ0n) is 16.7. The molecule has 160 valence electrons. The Hall–Kier alpha value is -1.63. The number of aromatic nitrogens is 4. The second-order valence-corrected chi connectivity index (χ2v) is 8.74. The number of halogens is 3. The zero-order chi connectivity index (χ0) is 21.2. The molecule has 0 radical (unpaired) electrons. The summed E-state index contributed by atoms with van der Waals surface area (Å²) in [5.41, 5.74) is 1.50. The predicted octanol–water partition coefficient (Wildman–Crippen LogP) is 7.14. The third-order valence-corrected chi connectivity index (χ3v) is 5.63. The lowest BCUT2D eigenvalue weighted by molar-refractivity contribution is 0.304. The van der Waals surface area contributed by atoms with Gasteiger partial charge in [-0.2, -0.15) is 0 Å². The Labute approximate surface area is 195 Å². The van der Waals surface area contributed by atoms with Gasteiger partial charge < -0.3 is 4.74 Å². The van der Waals surface area contributed by atoms with Gasteiger partial charge in [0.1, 0.15) is 5.75 Å². The molecular weight excluding hydrogens is 487 g/mol. The van der Waals surface area contributed by atoms with Crippen LogP contribution in [-0.2, 0) is 0 Å². The van der Waals surface area contributed by atoms with Gasteiger partial charge in [-0.1, -0.05) is 83.4 Å². The van der Waals surface area contributed by atoms with Crippen molar-refractivity contribution >= 4 is 39.1 Å². The van der Waals surface area contributed by atoms with Crippen LogP contribution in [0, 0.1) is 0 Å². The Morgan fingerprint density at radius 2 is 1.57 bits per heavy atom. The quantitative estimate of drug-likeness (QED) is 0.191. The van der Waals surface area contributed by atoms with Gasteiger partial charge in [0, 0.05) is 20.9 Å². The number of hydrogen-bond donors (Lipinski definition) is 0. The van der Waals surface area contributed by atoms with Crippen molar-refractivity contribution in [3.8, 4) is 22.8 Å². The van der Waals surface area contributed by atoms with E-state index in [0.29, 0.717) is 28.2 Å². The first kappa shape index (κ1) is 23.0. The highest BCUT2D eigenvalue weighted by atomic mass is 79.9. The molecule has 0 saturated heterocycles. The lowest BCUT2D eigenvalue weighted by Gasteiger charge is -2.07. The molecule has 0 atom stereocenters. The van der Waals surface area contributed by atoms with Crippen LogP contribution in [-0.4, -0.2) is 32.1 Å². The van der Waals surface area contributed by atoms with Crippen LogP contribution in [0.1, 0.15) is 44.9 Å². The van der Waals surface area contributed by atoms with Crippen LogP contribution in [0.5, 0.6) is 5.75 Å². The summed E-state index contributed by atoms with van der Waals surface area (Å²) in [6, 6.07) is 12.9. The average Bonchev–Trinajstić information content (AvgIpc) is 3.23. The lowest BCUT2D eigenvalue weighted by atomic mass is 10.1. The van der Waals surface area contributed by atoms with Crippen LogP contribution in [0.4, 0.5) is 0 Å². The minimum Gasteiger partial charge on any atom is -0.494 e. The second-order valence-electron chi connectivity index (χ2n) is 7.07. The molecule has 0 aliphatic heterocycles. The van der Waals surface area contributed by atoms with Crippen molar-refractivity contribution in [2.45, 2.75) is 44.9 Å². The maximum atomic E-state index is 6.06. The van der Waals surface area contributed by atoms with Crippen LogP contribution in [0.15, 0.2) is 42.5 Å². The Morgan fingerprint density at radius 3 is 2.30 bits per heavy atom. The molecule has 0 unspecified atom stereocenters. The summed E-state index contributed by atoms with van der Waals surface area (Å²) in [5.74, 6) is 1.33. The highest BCUT2D eigenvalue weighted by molar-refractivity contribution is 9.09. The molecule has 3 aromatic rings. The molecule has 5 nitrogen and oxygen atoms in total. The third kappa shape index (κ3) is 7.25. The van der Waals surface area contributed by atoms with Gasteiger partial charge in [-0.05, 0) is 48.4 Å². The van der Waals surface area contributed by atoms with E-state index in [0.717, 1.165) is 23.1 Å². The maximum absolute atomic E-state index is 6.06. The number of ether oxygens (including phenoxy) is 1. The van der Waals surface area contributed by atoms with Gasteiger partial charge in [0.05, 0.1) is 12.3 Å². The van der Waals surface area contributed by atoms with Crippen molar-refractivity contribution in [3.05, 3.63) is 52.5 Å². The minimum atomic E-state index is 0.514. The Morgan fingerprint density at radius 1 is 0.867 bits per heavy atom. The van der Waals surface area contributed by atoms with Crippen molar-refractivity contribution < 1.29 is 4.74 Å². The van der Waals surface area contributed by atoms with E-state index in [1.807, 2.05) is 24.3 Å². The molecule has 0 amide bonds. The fraction of sp³-hybridized carbons (Fsp3) is 0.409. The number of unbranched alkanes of at least 4 members (excludes halogenated alkanes) is 6. The molecule has 0 aliphatic carbocycles. The van der Waals surface area contributed by atoms with Gasteiger partial charge in [-0.3, -0.25) is 0 Å². The van der Waals surface area contributed by atoms with E-state index in [1.165, 1.54) is 43.3 Å². The summed E-state index contributed by atoms with van der Waals surface area (Å²) >= 11 is 15.6. The smallest absolute Gasteiger partial charge is 0.205 e. The SMILES string of the molecule is Clc1cc(Cl)cc(-n2nnc(-c3cccc(OCCCCCCCCCBr)c3)n2)c1. The Bertz CT molecular complexity index is 915. The molecule has 0 aliphatic rings. The van der Waals surface area contributed by atoms with E-state index >= 15 is 0 Å². The molecule has 0 saturated carbocycles. The van der Waals surface area contributed by atoms with E-state index in [2.05, 4.69) is 31.3 Å². The molecule has 0 bridgehead atoms. The maximum Gasteiger partial charge on any atom is 0.205 e. The first-order valence-corrected chi connectivity index (χ1v) is 12.1. The normalized spacial score (nSPS) is 11.0. The van der Waals surface area contributed by atoms with Gasteiger partial charge in [0.25, 0.3) is 0 Å². The molecule has 8 heteroatoms. The van der Waals surface area contributed by atoms with Crippen LogP contribution in [0.2, 0.25) is 10.0 Å². The number of benzene rings is 2. The van der Waals surface area contributed by atoms with Crippen molar-refractivity contribution in [2.75, 3.05) is 11.9 Å². The summed E-state index contributed by atoms with van der Waals surface area (Å²) < 4.78 is 5.91. The van der Waals surface area contributed by atoms with Crippen molar-refractivity contribution in [1.29, 1.82) is 0 Å². The number of hydrogen-bond acceptors (Lipinski definition) is 4. The number of rotatable bonds is 12. The van der Waals surface area contributed by atoms with Crippen LogP contribution in [0.3, 0.4) is 0 Å². The molecule has 0 spiro atoms. The van der Waals surface area contributed by atoms with E-state index in [9.17, 15) is 0 Å². The molecule has 1 aromatic heterocycles. The summed E-state index contributed by atoms with van der Waals surface area (Å²) in [4.78, 5) is 1.42. The first-order chi connectivity index (χ1) is 14.7. The van der Waals surface area contributed by atoms with Crippen LogP contribution in [0.25, 0.3) is 17.1 Å². The largest absolute Gasteiger partial charge is 0.494 e. The third-order valence-electron chi connectivity index (χ3n) is 4.63. The van der Waals surface area contributed by atoms with Crippen LogP contribution < -0.4 is 4.74 Å². The molecule has 0 N–H and O–H groups in total. The van der Waals surface area contributed by atoms with Gasteiger partial charge in [-0.25, -0.2) is 0 Å². The minimum absolute atomic E-state index is 0.514. The summed E-state index contributed by atoms with van der Waals surface area (Å²) in [6.45, 7) is 0.714. The van der Waals surface area contributed by atoms with Gasteiger partial charge in [0.2, 0.25) is 5.82 Å². The van der Waals surface area contributed by atoms with Gasteiger partial charge in [-0.15, -0.1) is 15.0 Å². The lowest BCUT2D eigenvalue weighted by Crippen LogP contribution is -1.99. The van der Waals surface area contributed by atoms with Crippen molar-refractivity contribution in [3.63, 3.8) is 0 Å². The van der Waals surface area contributed by atoms with Crippen LogP contribution >= 0.6 is 39.1 Å². The van der Waals surface area contributed by atoms with Gasteiger partial charge >= 0.3 is 0 Å². The number of tetrazole rings is 1. The topological polar surface area (TPSA) is 52.8 Å². The zero-order valence-corrected chi connectivity index (χ0v) is 19.8. The Kier molecular flexibility index (Phi) is 9.43. The number of alkyl halides is 1. The number of nitrogens with zero attached hydrogens (tertiary/aromatic N) is 4. The van der Waals surface area contributed by atoms with Crippen molar-refractivity contribution in [1.82, 2.24) is 20.2 Å². The van der Waals surface area contributed by atoms with E-state index < -0.39 is 0 Å². The fourth-order valence-electron chi connectivity index (χ4n) is 3.09. The van der Waals surface area contributed by atoms with E-state index in [1.54, 1.807) is 18.2 Å². The molecule has 2 aromatic carbocycles. The van der Waals surface area contributed by atoms with E-state index in [4.69, 9.17) is 27.9 Å². The standard InChI is InChI=1S/C22H25BrCl2N4O/c23-11-6-4-2-1-3-5-7-12-30-21-10-8-9-17(13-21)22-26-28-29(27-22)20-15-18(24)14-19(25)16-20/h8-10,13-16H,1-7,11-12H2. The summed E-state index contributed by atoms with van der Waals surface area (Å²) in [6.07, 6.45) is 8.75. The molecule has 1 heterocycles. The summed E-state index contributed by atoms with van der Waals surface area (Å²) in [5, 5.41) is 14.9.